The van der Waals surface area contributed by atoms with Crippen LogP contribution in [0.25, 0.3) is 0 Å². The minimum absolute atomic E-state index is 0.239. The molecular weight excluding hydrogens is 292 g/mol. The SMILES string of the molecule is Cc1cc(C)cc(NC(=O)COC(=O)c2cccc(C#N)c2)c1. The molecule has 2 aromatic carbocycles. The maximum Gasteiger partial charge on any atom is 0.338 e. The third-order valence-electron chi connectivity index (χ3n) is 3.07. The second kappa shape index (κ2) is 7.23. The minimum Gasteiger partial charge on any atom is -0.452 e. The Balaban J connectivity index is 1.93. The van der Waals surface area contributed by atoms with Crippen molar-refractivity contribution in [1.29, 1.82) is 5.26 Å². The highest BCUT2D eigenvalue weighted by molar-refractivity contribution is 5.95. The Bertz CT molecular complexity index is 771. The number of benzene rings is 2. The number of nitrogens with one attached hydrogen (secondary N) is 1. The lowest BCUT2D eigenvalue weighted by atomic mass is 10.1. The smallest absolute Gasteiger partial charge is 0.338 e. The van der Waals surface area contributed by atoms with Gasteiger partial charge in [0.25, 0.3) is 5.91 Å². The van der Waals surface area contributed by atoms with Gasteiger partial charge in [-0.15, -0.1) is 0 Å². The lowest BCUT2D eigenvalue weighted by molar-refractivity contribution is -0.119. The van der Waals surface area contributed by atoms with Gasteiger partial charge in [0.2, 0.25) is 0 Å². The molecule has 0 bridgehead atoms. The predicted molar refractivity (Wildman–Crippen MR) is 86.0 cm³/mol. The molecule has 2 aromatic rings. The third kappa shape index (κ3) is 4.68. The fraction of sp³-hybridized carbons (Fsp3) is 0.167. The minimum atomic E-state index is -0.641. The van der Waals surface area contributed by atoms with Crippen LogP contribution >= 0.6 is 0 Å². The standard InChI is InChI=1S/C18H16N2O3/c1-12-6-13(2)8-16(7-12)20-17(21)11-23-18(22)15-5-3-4-14(9-15)10-19/h3-9H,11H2,1-2H3,(H,20,21). The molecule has 2 rings (SSSR count). The Hall–Kier alpha value is -3.13. The molecule has 0 radical (unpaired) electrons. The Morgan fingerprint density at radius 1 is 1.13 bits per heavy atom. The third-order valence-corrected chi connectivity index (χ3v) is 3.07. The second-order valence-electron chi connectivity index (χ2n) is 5.19. The van der Waals surface area contributed by atoms with Crippen LogP contribution in [0.15, 0.2) is 42.5 Å². The van der Waals surface area contributed by atoms with Gasteiger partial charge in [0, 0.05) is 5.69 Å². The molecule has 116 valence electrons. The van der Waals surface area contributed by atoms with Crippen LogP contribution < -0.4 is 5.32 Å². The molecule has 0 aliphatic carbocycles. The lowest BCUT2D eigenvalue weighted by Gasteiger charge is -2.08. The van der Waals surface area contributed by atoms with E-state index in [-0.39, 0.29) is 12.2 Å². The van der Waals surface area contributed by atoms with E-state index in [2.05, 4.69) is 5.32 Å². The molecule has 0 saturated heterocycles. The molecule has 0 aromatic heterocycles. The molecule has 5 heteroatoms. The van der Waals surface area contributed by atoms with Crippen molar-refractivity contribution in [1.82, 2.24) is 0 Å². The zero-order chi connectivity index (χ0) is 16.8. The van der Waals surface area contributed by atoms with E-state index >= 15 is 0 Å². The van der Waals surface area contributed by atoms with E-state index in [4.69, 9.17) is 10.00 Å². The molecule has 0 saturated carbocycles. The number of carbonyl (C=O) groups excluding carboxylic acids is 2. The Morgan fingerprint density at radius 2 is 1.83 bits per heavy atom. The summed E-state index contributed by atoms with van der Waals surface area (Å²) in [4.78, 5) is 23.7. The van der Waals surface area contributed by atoms with Crippen molar-refractivity contribution >= 4 is 17.6 Å². The van der Waals surface area contributed by atoms with Crippen LogP contribution in [-0.2, 0) is 9.53 Å². The molecule has 23 heavy (non-hydrogen) atoms. The van der Waals surface area contributed by atoms with Crippen LogP contribution in [0.1, 0.15) is 27.0 Å². The molecular formula is C18H16N2O3. The maximum atomic E-state index is 11.9. The van der Waals surface area contributed by atoms with Gasteiger partial charge < -0.3 is 10.1 Å². The number of hydrogen-bond acceptors (Lipinski definition) is 4. The van der Waals surface area contributed by atoms with Crippen LogP contribution in [0.5, 0.6) is 0 Å². The number of esters is 1. The summed E-state index contributed by atoms with van der Waals surface area (Å²) in [5, 5.41) is 11.5. The first kappa shape index (κ1) is 16.2. The van der Waals surface area contributed by atoms with E-state index in [0.717, 1.165) is 11.1 Å². The highest BCUT2D eigenvalue weighted by Gasteiger charge is 2.11. The number of anilines is 1. The fourth-order valence-electron chi connectivity index (χ4n) is 2.17. The number of nitriles is 1. The number of rotatable bonds is 4. The van der Waals surface area contributed by atoms with Gasteiger partial charge in [-0.2, -0.15) is 5.26 Å². The van der Waals surface area contributed by atoms with Crippen molar-refractivity contribution in [3.63, 3.8) is 0 Å². The summed E-state index contributed by atoms with van der Waals surface area (Å²) in [6.45, 7) is 3.48. The molecule has 5 nitrogen and oxygen atoms in total. The number of carbonyl (C=O) groups is 2. The molecule has 0 heterocycles. The first-order valence-electron chi connectivity index (χ1n) is 7.03. The second-order valence-corrected chi connectivity index (χ2v) is 5.19. The van der Waals surface area contributed by atoms with Gasteiger partial charge in [0.15, 0.2) is 6.61 Å². The van der Waals surface area contributed by atoms with Gasteiger partial charge in [-0.25, -0.2) is 4.79 Å². The molecule has 0 spiro atoms. The van der Waals surface area contributed by atoms with E-state index in [1.807, 2.05) is 38.1 Å². The summed E-state index contributed by atoms with van der Waals surface area (Å²) in [5.74, 6) is -1.06. The quantitative estimate of drug-likeness (QED) is 0.881. The number of hydrogen-bond donors (Lipinski definition) is 1. The van der Waals surface area contributed by atoms with Crippen molar-refractivity contribution in [3.05, 3.63) is 64.7 Å². The molecule has 0 aliphatic rings. The van der Waals surface area contributed by atoms with Crippen molar-refractivity contribution in [3.8, 4) is 6.07 Å². The van der Waals surface area contributed by atoms with Gasteiger partial charge in [0.1, 0.15) is 0 Å². The molecule has 0 unspecified atom stereocenters. The zero-order valence-electron chi connectivity index (χ0n) is 12.9. The summed E-state index contributed by atoms with van der Waals surface area (Å²) in [7, 11) is 0. The number of ether oxygens (including phenoxy) is 1. The van der Waals surface area contributed by atoms with Crippen LogP contribution in [0.4, 0.5) is 5.69 Å². The highest BCUT2D eigenvalue weighted by atomic mass is 16.5. The number of nitrogens with zero attached hydrogens (tertiary/aromatic N) is 1. The average Bonchev–Trinajstić information content (AvgIpc) is 2.51. The van der Waals surface area contributed by atoms with Crippen LogP contribution in [0.3, 0.4) is 0 Å². The Kier molecular flexibility index (Phi) is 5.11. The van der Waals surface area contributed by atoms with Gasteiger partial charge in [-0.1, -0.05) is 12.1 Å². The fourth-order valence-corrected chi connectivity index (χ4v) is 2.17. The average molecular weight is 308 g/mol. The topological polar surface area (TPSA) is 79.2 Å². The summed E-state index contributed by atoms with van der Waals surface area (Å²) < 4.78 is 4.96. The van der Waals surface area contributed by atoms with E-state index in [0.29, 0.717) is 11.3 Å². The van der Waals surface area contributed by atoms with Crippen molar-refractivity contribution < 1.29 is 14.3 Å². The van der Waals surface area contributed by atoms with E-state index in [9.17, 15) is 9.59 Å². The van der Waals surface area contributed by atoms with E-state index < -0.39 is 11.9 Å². The molecule has 1 N–H and O–H groups in total. The molecule has 0 fully saturated rings. The van der Waals surface area contributed by atoms with Gasteiger partial charge in [-0.3, -0.25) is 4.79 Å². The summed E-state index contributed by atoms with van der Waals surface area (Å²) in [5.41, 5.74) is 3.33. The molecule has 0 atom stereocenters. The largest absolute Gasteiger partial charge is 0.452 e. The monoisotopic (exact) mass is 308 g/mol. The van der Waals surface area contributed by atoms with Gasteiger partial charge in [-0.05, 0) is 55.3 Å². The van der Waals surface area contributed by atoms with Crippen LogP contribution in [-0.4, -0.2) is 18.5 Å². The van der Waals surface area contributed by atoms with Crippen molar-refractivity contribution in [2.75, 3.05) is 11.9 Å². The number of aryl methyl sites for hydroxylation is 2. The summed E-state index contributed by atoms with van der Waals surface area (Å²) in [6.07, 6.45) is 0. The maximum absolute atomic E-state index is 11.9. The first-order chi connectivity index (χ1) is 11.0. The normalized spacial score (nSPS) is 9.78. The number of amides is 1. The van der Waals surface area contributed by atoms with Crippen LogP contribution in [0.2, 0.25) is 0 Å². The first-order valence-corrected chi connectivity index (χ1v) is 7.03. The Morgan fingerprint density at radius 3 is 2.48 bits per heavy atom. The zero-order valence-corrected chi connectivity index (χ0v) is 12.9. The Labute approximate surface area is 134 Å². The van der Waals surface area contributed by atoms with Crippen LogP contribution in [0, 0.1) is 25.2 Å². The lowest BCUT2D eigenvalue weighted by Crippen LogP contribution is -2.21. The summed E-state index contributed by atoms with van der Waals surface area (Å²) in [6, 6.07) is 13.7. The van der Waals surface area contributed by atoms with E-state index in [1.165, 1.54) is 12.1 Å². The molecule has 0 aliphatic heterocycles. The van der Waals surface area contributed by atoms with Gasteiger partial charge in [0.05, 0.1) is 17.2 Å². The summed E-state index contributed by atoms with van der Waals surface area (Å²) >= 11 is 0. The molecule has 1 amide bonds. The van der Waals surface area contributed by atoms with Crippen molar-refractivity contribution in [2.24, 2.45) is 0 Å². The van der Waals surface area contributed by atoms with Gasteiger partial charge >= 0.3 is 5.97 Å². The predicted octanol–water partition coefficient (Wildman–Crippen LogP) is 2.97. The van der Waals surface area contributed by atoms with E-state index in [1.54, 1.807) is 12.1 Å². The highest BCUT2D eigenvalue weighted by Crippen LogP contribution is 2.13. The van der Waals surface area contributed by atoms with Crippen molar-refractivity contribution in [2.45, 2.75) is 13.8 Å².